The van der Waals surface area contributed by atoms with Crippen LogP contribution in [0.25, 0.3) is 22.5 Å². The Balaban J connectivity index is 1.20. The van der Waals surface area contributed by atoms with Crippen LogP contribution in [0.5, 0.6) is 29.0 Å². The smallest absolute Gasteiger partial charge is 0.431 e. The Labute approximate surface area is 359 Å². The number of para-hydroxylation sites is 3. The first-order chi connectivity index (χ1) is 30.5. The number of fused-ring (bicyclic) bond motifs is 2. The normalized spacial score (nSPS) is 12.6. The van der Waals surface area contributed by atoms with Crippen LogP contribution in [0.15, 0.2) is 93.8 Å². The fraction of sp³-hybridized carbons (Fsp3) is 0.250. The average Bonchev–Trinajstić information content (AvgIpc) is 3.83. The molecule has 0 atom stereocenters. The second-order valence-electron chi connectivity index (χ2n) is 14.0. The molecule has 8 rings (SSSR count). The number of ether oxygens (including phenoxy) is 5. The summed E-state index contributed by atoms with van der Waals surface area (Å²) in [7, 11) is 1.46. The number of aryl methyl sites for hydroxylation is 2. The maximum Gasteiger partial charge on any atom is 0.431 e. The highest BCUT2D eigenvalue weighted by atomic mass is 19.1. The van der Waals surface area contributed by atoms with Gasteiger partial charge in [0.15, 0.2) is 5.75 Å². The molecule has 1 saturated heterocycles. The highest BCUT2D eigenvalue weighted by Crippen LogP contribution is 2.40. The predicted molar refractivity (Wildman–Crippen MR) is 227 cm³/mol. The van der Waals surface area contributed by atoms with E-state index in [-0.39, 0.29) is 83.8 Å². The van der Waals surface area contributed by atoms with E-state index in [1.165, 1.54) is 48.4 Å². The van der Waals surface area contributed by atoms with Crippen LogP contribution in [0, 0.1) is 19.7 Å². The summed E-state index contributed by atoms with van der Waals surface area (Å²) < 4.78 is 54.7. The van der Waals surface area contributed by atoms with Gasteiger partial charge in [0.25, 0.3) is 11.8 Å². The molecule has 3 aromatic carbocycles. The number of nitrogens with zero attached hydrogens (tertiary/aromatic N) is 8. The Morgan fingerprint density at radius 3 is 1.92 bits per heavy atom. The Kier molecular flexibility index (Phi) is 11.9. The number of carbonyl (C=O) groups is 3. The van der Waals surface area contributed by atoms with E-state index in [0.717, 1.165) is 0 Å². The summed E-state index contributed by atoms with van der Waals surface area (Å²) in [6, 6.07) is 21.3. The van der Waals surface area contributed by atoms with Crippen molar-refractivity contribution >= 4 is 63.7 Å². The largest absolute Gasteiger partial charge is 0.497 e. The molecule has 1 fully saturated rings. The summed E-state index contributed by atoms with van der Waals surface area (Å²) in [4.78, 5) is 67.5. The molecule has 0 unspecified atom stereocenters. The van der Waals surface area contributed by atoms with E-state index in [1.807, 2.05) is 4.90 Å². The van der Waals surface area contributed by atoms with E-state index in [9.17, 15) is 14.0 Å². The highest BCUT2D eigenvalue weighted by molar-refractivity contribution is 6.11. The first kappa shape index (κ1) is 41.8. The third kappa shape index (κ3) is 8.79. The van der Waals surface area contributed by atoms with E-state index in [4.69, 9.17) is 37.5 Å². The molecule has 0 N–H and O–H groups in total. The number of hydrogen-bond acceptors (Lipinski definition) is 15. The number of aromatic nitrogens is 4. The molecular weight excluding hydrogens is 820 g/mol. The minimum atomic E-state index is -1.29. The van der Waals surface area contributed by atoms with Crippen molar-refractivity contribution in [2.45, 2.75) is 27.7 Å². The number of halogens is 1. The van der Waals surface area contributed by atoms with Gasteiger partial charge in [0.05, 0.1) is 26.0 Å². The Bertz CT molecular complexity index is 2810. The second-order valence-corrected chi connectivity index (χ2v) is 14.0. The van der Waals surface area contributed by atoms with Gasteiger partial charge in [-0.05, 0) is 58.0 Å². The number of urea groups is 1. The van der Waals surface area contributed by atoms with Gasteiger partial charge in [-0.15, -0.1) is 0 Å². The molecule has 0 bridgehead atoms. The van der Waals surface area contributed by atoms with Gasteiger partial charge < -0.3 is 42.3 Å². The SMILES string of the molecule is CCOc1nc2oc(C)cc2nc1N(C(=O)Oc1ccccc1)C(=O)Oc1ccccc1N(C(=O)N1CCN(c2cc(F)cc(OC)c2)CC1)c1nc2cc(C)oc2nc1OCC. The maximum absolute atomic E-state index is 15.1. The number of piperazine rings is 1. The number of amides is 4. The minimum absolute atomic E-state index is 0.0244. The van der Waals surface area contributed by atoms with E-state index in [2.05, 4.69) is 15.0 Å². The molecule has 0 aliphatic carbocycles. The maximum atomic E-state index is 15.1. The van der Waals surface area contributed by atoms with Crippen molar-refractivity contribution in [2.24, 2.45) is 0 Å². The monoisotopic (exact) mass is 860 g/mol. The van der Waals surface area contributed by atoms with Crippen molar-refractivity contribution in [1.82, 2.24) is 24.8 Å². The first-order valence-electron chi connectivity index (χ1n) is 19.9. The molecule has 5 heterocycles. The first-order valence-corrected chi connectivity index (χ1v) is 19.9. The van der Waals surface area contributed by atoms with E-state index < -0.39 is 24.0 Å². The van der Waals surface area contributed by atoms with Crippen molar-refractivity contribution in [3.05, 3.63) is 102 Å². The van der Waals surface area contributed by atoms with Crippen LogP contribution in [-0.2, 0) is 0 Å². The van der Waals surface area contributed by atoms with Gasteiger partial charge in [-0.3, -0.25) is 0 Å². The number of carbonyl (C=O) groups excluding carboxylic acids is 3. The fourth-order valence-electron chi connectivity index (χ4n) is 6.87. The summed E-state index contributed by atoms with van der Waals surface area (Å²) in [5.41, 5.74) is 1.44. The zero-order valence-electron chi connectivity index (χ0n) is 34.9. The van der Waals surface area contributed by atoms with Crippen LogP contribution in [0.4, 0.5) is 41.8 Å². The number of imide groups is 1. The molecule has 324 valence electrons. The molecule has 63 heavy (non-hydrogen) atoms. The molecule has 19 heteroatoms. The third-order valence-electron chi connectivity index (χ3n) is 9.68. The van der Waals surface area contributed by atoms with Crippen LogP contribution in [0.1, 0.15) is 25.4 Å². The number of furan rings is 2. The standard InChI is InChI=1S/C44H41FN8O10/c1-6-58-40-36(46-32-21-26(3)60-38(32)48-40)52(42(54)51-19-17-50(18-20-51)29-23-28(45)24-31(25-29)57-5)34-15-11-12-16-35(34)63-44(56)53(43(55)62-30-13-9-8-10-14-30)37-41(59-7-2)49-39-33(47-37)22-27(4)61-39/h8-16,21-25H,6-7,17-20H2,1-5H3. The van der Waals surface area contributed by atoms with E-state index >= 15 is 4.79 Å². The molecular formula is C44H41FN8O10. The average molecular weight is 861 g/mol. The molecule has 7 aromatic rings. The van der Waals surface area contributed by atoms with Crippen molar-refractivity contribution in [2.75, 3.05) is 61.2 Å². The number of methoxy groups -OCH3 is 1. The molecule has 1 aliphatic rings. The zero-order valence-corrected chi connectivity index (χ0v) is 34.9. The van der Waals surface area contributed by atoms with Gasteiger partial charge in [-0.1, -0.05) is 30.3 Å². The summed E-state index contributed by atoms with van der Waals surface area (Å²) in [5.74, 6) is 0.165. The van der Waals surface area contributed by atoms with Crippen LogP contribution < -0.4 is 38.4 Å². The Hall–Kier alpha value is -7.96. The van der Waals surface area contributed by atoms with E-state index in [1.54, 1.807) is 81.1 Å². The predicted octanol–water partition coefficient (Wildman–Crippen LogP) is 8.61. The van der Waals surface area contributed by atoms with Gasteiger partial charge in [0.2, 0.25) is 23.1 Å². The third-order valence-corrected chi connectivity index (χ3v) is 9.68. The van der Waals surface area contributed by atoms with Crippen LogP contribution in [0.3, 0.4) is 0 Å². The molecule has 0 spiro atoms. The molecule has 4 aromatic heterocycles. The van der Waals surface area contributed by atoms with Crippen LogP contribution in [-0.4, -0.2) is 89.6 Å². The number of rotatable bonds is 11. The molecule has 1 aliphatic heterocycles. The molecule has 4 amide bonds. The van der Waals surface area contributed by atoms with Gasteiger partial charge in [-0.2, -0.15) is 14.9 Å². The lowest BCUT2D eigenvalue weighted by Gasteiger charge is -2.38. The minimum Gasteiger partial charge on any atom is -0.497 e. The fourth-order valence-corrected chi connectivity index (χ4v) is 6.87. The molecule has 0 saturated carbocycles. The number of hydrogen-bond donors (Lipinski definition) is 0. The topological polar surface area (TPSA) is 188 Å². The summed E-state index contributed by atoms with van der Waals surface area (Å²) in [5, 5.41) is 0. The highest BCUT2D eigenvalue weighted by Gasteiger charge is 2.37. The van der Waals surface area contributed by atoms with Crippen LogP contribution >= 0.6 is 0 Å². The van der Waals surface area contributed by atoms with Crippen molar-refractivity contribution in [3.8, 4) is 29.0 Å². The summed E-state index contributed by atoms with van der Waals surface area (Å²) in [6.45, 7) is 8.12. The van der Waals surface area contributed by atoms with Gasteiger partial charge in [0, 0.05) is 56.1 Å². The summed E-state index contributed by atoms with van der Waals surface area (Å²) in [6.07, 6.45) is -2.49. The molecule has 0 radical (unpaired) electrons. The second kappa shape index (κ2) is 17.9. The quantitative estimate of drug-likeness (QED) is 0.120. The Morgan fingerprint density at radius 2 is 1.29 bits per heavy atom. The number of anilines is 4. The van der Waals surface area contributed by atoms with Gasteiger partial charge in [-0.25, -0.2) is 33.6 Å². The molecule has 18 nitrogen and oxygen atoms in total. The Morgan fingerprint density at radius 1 is 0.698 bits per heavy atom. The number of benzene rings is 3. The zero-order chi connectivity index (χ0) is 44.2. The van der Waals surface area contributed by atoms with Crippen molar-refractivity contribution in [1.29, 1.82) is 0 Å². The van der Waals surface area contributed by atoms with E-state index in [0.29, 0.717) is 46.5 Å². The van der Waals surface area contributed by atoms with Crippen molar-refractivity contribution < 1.29 is 51.3 Å². The summed E-state index contributed by atoms with van der Waals surface area (Å²) >= 11 is 0. The lowest BCUT2D eigenvalue weighted by atomic mass is 10.2. The lowest BCUT2D eigenvalue weighted by Crippen LogP contribution is -2.52. The van der Waals surface area contributed by atoms with Crippen molar-refractivity contribution in [3.63, 3.8) is 0 Å². The van der Waals surface area contributed by atoms with Gasteiger partial charge in [0.1, 0.15) is 39.9 Å². The van der Waals surface area contributed by atoms with Crippen LogP contribution in [0.2, 0.25) is 0 Å². The van der Waals surface area contributed by atoms with Gasteiger partial charge >= 0.3 is 18.2 Å². The lowest BCUT2D eigenvalue weighted by molar-refractivity contribution is 0.189.